The Balaban J connectivity index is 2.46. The molecule has 0 atom stereocenters. The van der Waals surface area contributed by atoms with Crippen molar-refractivity contribution in [2.45, 2.75) is 32.9 Å². The smallest absolute Gasteiger partial charge is 0.162 e. The van der Waals surface area contributed by atoms with Gasteiger partial charge < -0.3 is 14.4 Å². The van der Waals surface area contributed by atoms with Crippen LogP contribution in [-0.4, -0.2) is 42.0 Å². The van der Waals surface area contributed by atoms with Crippen molar-refractivity contribution in [3.8, 4) is 0 Å². The number of aliphatic hydroxyl groups is 1. The third-order valence-electron chi connectivity index (χ3n) is 2.52. The zero-order chi connectivity index (χ0) is 12.5. The Hall–Kier alpha value is -0.910. The summed E-state index contributed by atoms with van der Waals surface area (Å²) in [4.78, 5) is 2.18. The summed E-state index contributed by atoms with van der Waals surface area (Å²) in [6, 6.07) is 1.90. The van der Waals surface area contributed by atoms with E-state index in [0.29, 0.717) is 19.7 Å². The summed E-state index contributed by atoms with van der Waals surface area (Å²) >= 11 is 0. The van der Waals surface area contributed by atoms with Crippen molar-refractivity contribution in [2.75, 3.05) is 26.8 Å². The number of aliphatic hydroxyl groups excluding tert-OH is 1. The summed E-state index contributed by atoms with van der Waals surface area (Å²) in [6.45, 7) is 5.14. The molecule has 1 aromatic rings. The van der Waals surface area contributed by atoms with Gasteiger partial charge in [0.2, 0.25) is 0 Å². The molecule has 0 fully saturated rings. The van der Waals surface area contributed by atoms with Crippen LogP contribution in [0.1, 0.15) is 31.2 Å². The Morgan fingerprint density at radius 2 is 2.29 bits per heavy atom. The van der Waals surface area contributed by atoms with Crippen molar-refractivity contribution in [1.29, 1.82) is 0 Å². The van der Waals surface area contributed by atoms with Crippen molar-refractivity contribution in [3.05, 3.63) is 17.5 Å². The standard InChI is InChI=1S/C12H22N2O3/c1-3-4-5-14(6-7-15)9-11-8-12(10-16-2)17-13-11/h8,15H,3-7,9-10H2,1-2H3. The number of rotatable bonds is 9. The number of hydrogen-bond acceptors (Lipinski definition) is 5. The van der Waals surface area contributed by atoms with E-state index in [0.717, 1.165) is 30.8 Å². The minimum Gasteiger partial charge on any atom is -0.395 e. The van der Waals surface area contributed by atoms with Crippen LogP contribution in [0.3, 0.4) is 0 Å². The van der Waals surface area contributed by atoms with Crippen LogP contribution in [0.4, 0.5) is 0 Å². The average Bonchev–Trinajstić information content (AvgIpc) is 2.74. The van der Waals surface area contributed by atoms with E-state index >= 15 is 0 Å². The molecule has 0 aliphatic carbocycles. The molecular formula is C12H22N2O3. The fourth-order valence-electron chi connectivity index (χ4n) is 1.66. The van der Waals surface area contributed by atoms with Gasteiger partial charge in [0.05, 0.1) is 12.3 Å². The number of unbranched alkanes of at least 4 members (excludes halogenated alkanes) is 1. The van der Waals surface area contributed by atoms with Gasteiger partial charge in [0.1, 0.15) is 6.61 Å². The molecular weight excluding hydrogens is 220 g/mol. The number of nitrogens with zero attached hydrogens (tertiary/aromatic N) is 2. The van der Waals surface area contributed by atoms with Crippen molar-refractivity contribution in [3.63, 3.8) is 0 Å². The molecule has 98 valence electrons. The monoisotopic (exact) mass is 242 g/mol. The second-order valence-electron chi connectivity index (χ2n) is 4.07. The lowest BCUT2D eigenvalue weighted by Gasteiger charge is -2.19. The topological polar surface area (TPSA) is 58.7 Å². The predicted molar refractivity (Wildman–Crippen MR) is 64.5 cm³/mol. The minimum absolute atomic E-state index is 0.173. The fourth-order valence-corrected chi connectivity index (χ4v) is 1.66. The lowest BCUT2D eigenvalue weighted by molar-refractivity contribution is 0.155. The summed E-state index contributed by atoms with van der Waals surface area (Å²) in [5.41, 5.74) is 0.890. The first-order valence-corrected chi connectivity index (χ1v) is 6.06. The highest BCUT2D eigenvalue weighted by Crippen LogP contribution is 2.08. The zero-order valence-electron chi connectivity index (χ0n) is 10.7. The van der Waals surface area contributed by atoms with E-state index in [2.05, 4.69) is 17.0 Å². The van der Waals surface area contributed by atoms with Gasteiger partial charge in [-0.3, -0.25) is 4.90 Å². The maximum absolute atomic E-state index is 9.00. The average molecular weight is 242 g/mol. The lowest BCUT2D eigenvalue weighted by Crippen LogP contribution is -2.27. The van der Waals surface area contributed by atoms with Crippen LogP contribution in [0.2, 0.25) is 0 Å². The Bertz CT molecular complexity index is 302. The molecule has 0 saturated carbocycles. The largest absolute Gasteiger partial charge is 0.395 e. The van der Waals surface area contributed by atoms with E-state index in [1.165, 1.54) is 0 Å². The maximum atomic E-state index is 9.00. The molecule has 5 nitrogen and oxygen atoms in total. The molecule has 0 bridgehead atoms. The molecule has 1 heterocycles. The molecule has 0 saturated heterocycles. The molecule has 0 radical (unpaired) electrons. The Kier molecular flexibility index (Phi) is 6.84. The van der Waals surface area contributed by atoms with Crippen molar-refractivity contribution >= 4 is 0 Å². The van der Waals surface area contributed by atoms with E-state index in [4.69, 9.17) is 14.4 Å². The quantitative estimate of drug-likeness (QED) is 0.709. The number of aromatic nitrogens is 1. The summed E-state index contributed by atoms with van der Waals surface area (Å²) in [5, 5.41) is 13.0. The van der Waals surface area contributed by atoms with Gasteiger partial charge in [-0.15, -0.1) is 0 Å². The third kappa shape index (κ3) is 5.30. The molecule has 0 amide bonds. The maximum Gasteiger partial charge on any atom is 0.162 e. The van der Waals surface area contributed by atoms with Crippen LogP contribution < -0.4 is 0 Å². The first-order valence-electron chi connectivity index (χ1n) is 6.06. The Morgan fingerprint density at radius 1 is 1.47 bits per heavy atom. The van der Waals surface area contributed by atoms with Crippen LogP contribution in [0.15, 0.2) is 10.6 Å². The molecule has 5 heteroatoms. The van der Waals surface area contributed by atoms with Gasteiger partial charge in [-0.1, -0.05) is 18.5 Å². The van der Waals surface area contributed by atoms with Gasteiger partial charge in [0.15, 0.2) is 5.76 Å². The van der Waals surface area contributed by atoms with Crippen molar-refractivity contribution in [1.82, 2.24) is 10.1 Å². The van der Waals surface area contributed by atoms with Gasteiger partial charge in [0.25, 0.3) is 0 Å². The summed E-state index contributed by atoms with van der Waals surface area (Å²) in [5.74, 6) is 0.738. The van der Waals surface area contributed by atoms with Crippen LogP contribution in [0.5, 0.6) is 0 Å². The summed E-state index contributed by atoms with van der Waals surface area (Å²) in [6.07, 6.45) is 2.28. The van der Waals surface area contributed by atoms with E-state index in [9.17, 15) is 0 Å². The van der Waals surface area contributed by atoms with Gasteiger partial charge in [0, 0.05) is 26.3 Å². The van der Waals surface area contributed by atoms with E-state index in [1.807, 2.05) is 6.07 Å². The molecule has 0 aromatic carbocycles. The van der Waals surface area contributed by atoms with Crippen LogP contribution >= 0.6 is 0 Å². The molecule has 1 rings (SSSR count). The number of hydrogen-bond donors (Lipinski definition) is 1. The third-order valence-corrected chi connectivity index (χ3v) is 2.52. The summed E-state index contributed by atoms with van der Waals surface area (Å²) in [7, 11) is 1.63. The SMILES string of the molecule is CCCCN(CCO)Cc1cc(COC)on1. The van der Waals surface area contributed by atoms with Crippen LogP contribution in [-0.2, 0) is 17.9 Å². The molecule has 0 aliphatic rings. The normalized spacial score (nSPS) is 11.3. The second kappa shape index (κ2) is 8.22. The molecule has 1 N–H and O–H groups in total. The van der Waals surface area contributed by atoms with E-state index in [-0.39, 0.29) is 6.61 Å². The minimum atomic E-state index is 0.173. The number of ether oxygens (including phenoxy) is 1. The highest BCUT2D eigenvalue weighted by atomic mass is 16.5. The zero-order valence-corrected chi connectivity index (χ0v) is 10.7. The second-order valence-corrected chi connectivity index (χ2v) is 4.07. The predicted octanol–water partition coefficient (Wildman–Crippen LogP) is 1.42. The first-order chi connectivity index (χ1) is 8.30. The van der Waals surface area contributed by atoms with Crippen molar-refractivity contribution < 1.29 is 14.4 Å². The highest BCUT2D eigenvalue weighted by molar-refractivity contribution is 5.04. The fraction of sp³-hybridized carbons (Fsp3) is 0.750. The van der Waals surface area contributed by atoms with Gasteiger partial charge in [-0.2, -0.15) is 0 Å². The first kappa shape index (κ1) is 14.2. The molecule has 0 aliphatic heterocycles. The Morgan fingerprint density at radius 3 is 2.94 bits per heavy atom. The van der Waals surface area contributed by atoms with Crippen LogP contribution in [0.25, 0.3) is 0 Å². The van der Waals surface area contributed by atoms with Gasteiger partial charge in [-0.05, 0) is 13.0 Å². The van der Waals surface area contributed by atoms with E-state index in [1.54, 1.807) is 7.11 Å². The highest BCUT2D eigenvalue weighted by Gasteiger charge is 2.09. The van der Waals surface area contributed by atoms with Crippen LogP contribution in [0, 0.1) is 0 Å². The number of methoxy groups -OCH3 is 1. The van der Waals surface area contributed by atoms with Gasteiger partial charge >= 0.3 is 0 Å². The summed E-state index contributed by atoms with van der Waals surface area (Å²) < 4.78 is 10.1. The molecule has 0 unspecified atom stereocenters. The van der Waals surface area contributed by atoms with E-state index < -0.39 is 0 Å². The molecule has 17 heavy (non-hydrogen) atoms. The van der Waals surface area contributed by atoms with Crippen molar-refractivity contribution in [2.24, 2.45) is 0 Å². The molecule has 0 spiro atoms. The lowest BCUT2D eigenvalue weighted by atomic mass is 10.3. The molecule has 1 aromatic heterocycles. The Labute approximate surface area is 102 Å². The van der Waals surface area contributed by atoms with Gasteiger partial charge in [-0.25, -0.2) is 0 Å².